The maximum absolute atomic E-state index is 6.10. The van der Waals surface area contributed by atoms with Crippen molar-refractivity contribution in [3.63, 3.8) is 0 Å². The zero-order valence-corrected chi connectivity index (χ0v) is 24.6. The van der Waals surface area contributed by atoms with Crippen molar-refractivity contribution in [2.45, 2.75) is 155 Å². The molecule has 0 bridgehead atoms. The van der Waals surface area contributed by atoms with Crippen LogP contribution in [0.5, 0.6) is 11.5 Å². The molecule has 0 aliphatic heterocycles. The van der Waals surface area contributed by atoms with Gasteiger partial charge in [0.25, 0.3) is 0 Å². The molecule has 39 heavy (non-hydrogen) atoms. The van der Waals surface area contributed by atoms with Crippen LogP contribution in [0.15, 0.2) is 48.5 Å². The molecule has 0 radical (unpaired) electrons. The van der Waals surface area contributed by atoms with Gasteiger partial charge < -0.3 is 4.74 Å². The SMILES string of the molecule is CCCCCCCCCCCCc1ccc(Oc2ccc(CCCCCCCCCCCC)cc2)cc1.[NaH].[NaH]. The molecule has 0 saturated heterocycles. The summed E-state index contributed by atoms with van der Waals surface area (Å²) in [7, 11) is 0. The van der Waals surface area contributed by atoms with Crippen molar-refractivity contribution in [2.24, 2.45) is 0 Å². The van der Waals surface area contributed by atoms with Crippen LogP contribution in [0.4, 0.5) is 0 Å². The van der Waals surface area contributed by atoms with Crippen LogP contribution in [0, 0.1) is 0 Å². The van der Waals surface area contributed by atoms with Gasteiger partial charge in [-0.3, -0.25) is 0 Å². The molecule has 2 rings (SSSR count). The van der Waals surface area contributed by atoms with Crippen LogP contribution in [0.2, 0.25) is 0 Å². The molecule has 2 aromatic carbocycles. The molecule has 0 spiro atoms. The van der Waals surface area contributed by atoms with Gasteiger partial charge in [-0.2, -0.15) is 0 Å². The van der Waals surface area contributed by atoms with Gasteiger partial charge in [0.15, 0.2) is 0 Å². The van der Waals surface area contributed by atoms with E-state index >= 15 is 0 Å². The van der Waals surface area contributed by atoms with E-state index in [1.807, 2.05) is 0 Å². The van der Waals surface area contributed by atoms with Crippen LogP contribution in [-0.4, -0.2) is 59.1 Å². The van der Waals surface area contributed by atoms with E-state index in [1.54, 1.807) is 0 Å². The van der Waals surface area contributed by atoms with Crippen molar-refractivity contribution in [1.82, 2.24) is 0 Å². The average Bonchev–Trinajstić information content (AvgIpc) is 2.92. The van der Waals surface area contributed by atoms with E-state index < -0.39 is 0 Å². The van der Waals surface area contributed by atoms with E-state index in [1.165, 1.54) is 152 Å². The third-order valence-corrected chi connectivity index (χ3v) is 7.72. The van der Waals surface area contributed by atoms with Crippen LogP contribution >= 0.6 is 0 Å². The number of aryl methyl sites for hydroxylation is 2. The Kier molecular flexibility index (Phi) is 28.5. The number of unbranched alkanes of at least 4 members (excludes halogenated alkanes) is 18. The topological polar surface area (TPSA) is 9.23 Å². The van der Waals surface area contributed by atoms with Gasteiger partial charge >= 0.3 is 59.1 Å². The summed E-state index contributed by atoms with van der Waals surface area (Å²) in [4.78, 5) is 0. The van der Waals surface area contributed by atoms with E-state index in [-0.39, 0.29) is 59.1 Å². The summed E-state index contributed by atoms with van der Waals surface area (Å²) < 4.78 is 6.10. The van der Waals surface area contributed by atoms with Crippen LogP contribution in [0.3, 0.4) is 0 Å². The molecule has 0 fully saturated rings. The Balaban J connectivity index is 0.00000722. The predicted molar refractivity (Wildman–Crippen MR) is 178 cm³/mol. The Morgan fingerprint density at radius 1 is 0.359 bits per heavy atom. The first-order chi connectivity index (χ1) is 18.3. The van der Waals surface area contributed by atoms with Crippen molar-refractivity contribution < 1.29 is 4.74 Å². The fraction of sp³-hybridized carbons (Fsp3) is 0.667. The van der Waals surface area contributed by atoms with Gasteiger partial charge in [0, 0.05) is 0 Å². The normalized spacial score (nSPS) is 10.6. The molecule has 1 nitrogen and oxygen atoms in total. The van der Waals surface area contributed by atoms with Crippen molar-refractivity contribution in [3.05, 3.63) is 59.7 Å². The van der Waals surface area contributed by atoms with E-state index in [9.17, 15) is 0 Å². The summed E-state index contributed by atoms with van der Waals surface area (Å²) in [5, 5.41) is 0. The van der Waals surface area contributed by atoms with Crippen LogP contribution in [0.1, 0.15) is 153 Å². The zero-order chi connectivity index (χ0) is 26.2. The molecule has 3 heteroatoms. The van der Waals surface area contributed by atoms with Gasteiger partial charge in [-0.25, -0.2) is 0 Å². The fourth-order valence-electron chi connectivity index (χ4n) is 5.22. The molecule has 0 aromatic heterocycles. The monoisotopic (exact) mass is 554 g/mol. The van der Waals surface area contributed by atoms with Gasteiger partial charge in [0.2, 0.25) is 0 Å². The Morgan fingerprint density at radius 2 is 0.615 bits per heavy atom. The summed E-state index contributed by atoms with van der Waals surface area (Å²) in [6.45, 7) is 4.58. The number of hydrogen-bond donors (Lipinski definition) is 0. The second-order valence-corrected chi connectivity index (χ2v) is 11.3. The number of rotatable bonds is 24. The quantitative estimate of drug-likeness (QED) is 0.0926. The standard InChI is InChI=1S/C36H58O.2Na.2H/c1-3-5-7-9-11-13-15-17-19-21-23-33-25-29-35(30-26-33)37-36-31-27-34(28-32-36)24-22-20-18-16-14-12-10-8-6-4-2;;;;/h25-32H,3-24H2,1-2H3;;;;. The van der Waals surface area contributed by atoms with Gasteiger partial charge in [-0.15, -0.1) is 0 Å². The third kappa shape index (κ3) is 21.6. The molecule has 0 atom stereocenters. The van der Waals surface area contributed by atoms with Crippen molar-refractivity contribution in [3.8, 4) is 11.5 Å². The van der Waals surface area contributed by atoms with Crippen LogP contribution in [-0.2, 0) is 12.8 Å². The molecular formula is C36H60Na2O. The third-order valence-electron chi connectivity index (χ3n) is 7.72. The Hall–Kier alpha value is 0.240. The van der Waals surface area contributed by atoms with Crippen molar-refractivity contribution in [2.75, 3.05) is 0 Å². The number of ether oxygens (including phenoxy) is 1. The van der Waals surface area contributed by atoms with Crippen LogP contribution in [0.25, 0.3) is 0 Å². The minimum atomic E-state index is 0. The molecule has 0 heterocycles. The van der Waals surface area contributed by atoms with Crippen LogP contribution < -0.4 is 4.74 Å². The fourth-order valence-corrected chi connectivity index (χ4v) is 5.22. The second-order valence-electron chi connectivity index (χ2n) is 11.3. The summed E-state index contributed by atoms with van der Waals surface area (Å²) >= 11 is 0. The Bertz CT molecular complexity index is 691. The molecule has 2 aromatic rings. The molecule has 0 unspecified atom stereocenters. The first-order valence-corrected chi connectivity index (χ1v) is 16.2. The van der Waals surface area contributed by atoms with E-state index in [0.717, 1.165) is 11.5 Å². The van der Waals surface area contributed by atoms with E-state index in [0.29, 0.717) is 0 Å². The summed E-state index contributed by atoms with van der Waals surface area (Å²) in [5.74, 6) is 1.88. The first-order valence-electron chi connectivity index (χ1n) is 16.2. The summed E-state index contributed by atoms with van der Waals surface area (Å²) in [6.07, 6.45) is 30.3. The predicted octanol–water partition coefficient (Wildman–Crippen LogP) is 11.1. The van der Waals surface area contributed by atoms with E-state index in [4.69, 9.17) is 4.74 Å². The van der Waals surface area contributed by atoms with Crippen molar-refractivity contribution in [1.29, 1.82) is 0 Å². The molecule has 0 aliphatic carbocycles. The number of hydrogen-bond acceptors (Lipinski definition) is 1. The Labute approximate surface area is 287 Å². The first kappa shape index (κ1) is 39.2. The molecule has 0 amide bonds. The molecule has 0 N–H and O–H groups in total. The van der Waals surface area contributed by atoms with Gasteiger partial charge in [0.05, 0.1) is 0 Å². The molecular weight excluding hydrogens is 494 g/mol. The average molecular weight is 555 g/mol. The van der Waals surface area contributed by atoms with E-state index in [2.05, 4.69) is 62.4 Å². The molecule has 0 aliphatic rings. The van der Waals surface area contributed by atoms with Gasteiger partial charge in [0.1, 0.15) is 11.5 Å². The molecule has 0 saturated carbocycles. The molecule has 212 valence electrons. The maximum atomic E-state index is 6.10. The van der Waals surface area contributed by atoms with Crippen molar-refractivity contribution >= 4 is 59.1 Å². The van der Waals surface area contributed by atoms with Gasteiger partial charge in [-0.1, -0.05) is 154 Å². The summed E-state index contributed by atoms with van der Waals surface area (Å²) in [5.41, 5.74) is 2.86. The summed E-state index contributed by atoms with van der Waals surface area (Å²) in [6, 6.07) is 17.5. The Morgan fingerprint density at radius 3 is 0.897 bits per heavy atom. The van der Waals surface area contributed by atoms with Gasteiger partial charge in [-0.05, 0) is 61.1 Å². The second kappa shape index (κ2) is 28.4. The number of benzene rings is 2. The zero-order valence-electron chi connectivity index (χ0n) is 24.6. The minimum absolute atomic E-state index is 0.